The number of aliphatic hydroxyl groups excluding tert-OH is 2. The maximum absolute atomic E-state index is 13.1. The summed E-state index contributed by atoms with van der Waals surface area (Å²) in [6.07, 6.45) is -2.71. The average molecular weight is 923 g/mol. The summed E-state index contributed by atoms with van der Waals surface area (Å²) in [4.78, 5) is 58.5. The molecule has 0 aliphatic rings. The van der Waals surface area contributed by atoms with E-state index in [2.05, 4.69) is 26.7 Å². The van der Waals surface area contributed by atoms with Crippen LogP contribution in [-0.4, -0.2) is 101 Å². The molecule has 0 aliphatic carbocycles. The highest BCUT2D eigenvalue weighted by Gasteiger charge is 2.32. The van der Waals surface area contributed by atoms with Crippen LogP contribution in [0.1, 0.15) is 30.7 Å². The van der Waals surface area contributed by atoms with Crippen molar-refractivity contribution >= 4 is 77.7 Å². The number of aliphatic hydroxyl groups is 2. The molecule has 0 aliphatic heterocycles. The van der Waals surface area contributed by atoms with Crippen LogP contribution < -0.4 is 32.6 Å². The summed E-state index contributed by atoms with van der Waals surface area (Å²) < 4.78 is 22.2. The number of hydrogen-bond donors (Lipinski definition) is 7. The molecule has 2 aromatic heterocycles. The molecule has 4 aromatic rings. The molecule has 0 radical (unpaired) electrons. The number of nitrogens with zero attached hydrogens (tertiary/aromatic N) is 4. The number of carbonyl (C=O) groups excluding carboxylic acids is 4. The Labute approximate surface area is 371 Å². The van der Waals surface area contributed by atoms with E-state index in [9.17, 15) is 39.9 Å². The summed E-state index contributed by atoms with van der Waals surface area (Å²) in [7, 11) is 0. The number of nitriles is 2. The van der Waals surface area contributed by atoms with Gasteiger partial charge >= 0.3 is 11.9 Å². The lowest BCUT2D eigenvalue weighted by Crippen LogP contribution is -2.52. The number of halogens is 3. The highest BCUT2D eigenvalue weighted by atomic mass is 35.5. The van der Waals surface area contributed by atoms with E-state index in [-0.39, 0.29) is 63.9 Å². The number of oxazole rings is 1. The maximum atomic E-state index is 13.1. The second-order valence-electron chi connectivity index (χ2n) is 12.6. The van der Waals surface area contributed by atoms with Crippen molar-refractivity contribution in [2.45, 2.75) is 55.0 Å². The number of benzene rings is 2. The highest BCUT2D eigenvalue weighted by molar-refractivity contribution is 7.98. The Morgan fingerprint density at radius 1 is 0.852 bits per heavy atom. The predicted molar refractivity (Wildman–Crippen MR) is 226 cm³/mol. The number of pyridine rings is 1. The van der Waals surface area contributed by atoms with Crippen LogP contribution in [0.2, 0.25) is 5.02 Å². The van der Waals surface area contributed by atoms with Gasteiger partial charge in [0.25, 0.3) is 0 Å². The molecule has 0 saturated carbocycles. The normalized spacial score (nSPS) is 12.9. The van der Waals surface area contributed by atoms with Gasteiger partial charge in [-0.15, -0.1) is 24.8 Å². The molecule has 326 valence electrons. The zero-order valence-corrected chi connectivity index (χ0v) is 35.6. The first-order valence-electron chi connectivity index (χ1n) is 17.6. The van der Waals surface area contributed by atoms with Crippen LogP contribution in [0.4, 0.5) is 5.82 Å². The lowest BCUT2D eigenvalue weighted by Gasteiger charge is -2.25. The molecule has 0 spiro atoms. The van der Waals surface area contributed by atoms with Gasteiger partial charge in [-0.2, -0.15) is 10.5 Å². The summed E-state index contributed by atoms with van der Waals surface area (Å²) in [5.41, 5.74) is 18.8. The Bertz CT molecular complexity index is 2220. The minimum atomic E-state index is -1.56. The van der Waals surface area contributed by atoms with Crippen LogP contribution in [0.15, 0.2) is 64.2 Å². The number of thioether (sulfide) groups is 1. The van der Waals surface area contributed by atoms with Crippen LogP contribution in [0, 0.1) is 22.7 Å². The van der Waals surface area contributed by atoms with Crippen LogP contribution in [0.5, 0.6) is 5.75 Å². The molecule has 0 saturated heterocycles. The molecule has 0 fully saturated rings. The predicted octanol–water partition coefficient (Wildman–Crippen LogP) is 2.00. The minimum Gasteiger partial charge on any atom is -0.490 e. The van der Waals surface area contributed by atoms with Gasteiger partial charge in [0, 0.05) is 21.9 Å². The largest absolute Gasteiger partial charge is 0.490 e. The van der Waals surface area contributed by atoms with Crippen LogP contribution in [0.3, 0.4) is 0 Å². The van der Waals surface area contributed by atoms with E-state index >= 15 is 0 Å². The minimum absolute atomic E-state index is 0. The van der Waals surface area contributed by atoms with E-state index in [4.69, 9.17) is 47.4 Å². The number of amides is 2. The summed E-state index contributed by atoms with van der Waals surface area (Å²) in [5, 5.41) is 45.8. The fraction of sp³-hybridized carbons (Fsp3) is 0.316. The quantitative estimate of drug-likeness (QED) is 0.0522. The van der Waals surface area contributed by atoms with Gasteiger partial charge in [0.2, 0.25) is 17.7 Å². The molecule has 0 unspecified atom stereocenters. The van der Waals surface area contributed by atoms with E-state index in [1.807, 2.05) is 6.07 Å². The van der Waals surface area contributed by atoms with Crippen molar-refractivity contribution in [1.29, 1.82) is 10.5 Å². The summed E-state index contributed by atoms with van der Waals surface area (Å²) in [6.45, 7) is 0.386. The number of hydrogen-bond acceptors (Lipinski definition) is 18. The van der Waals surface area contributed by atoms with Gasteiger partial charge in [-0.25, -0.2) is 19.6 Å². The Morgan fingerprint density at radius 3 is 1.95 bits per heavy atom. The smallest absolute Gasteiger partial charge is 0.331 e. The molecule has 19 nitrogen and oxygen atoms in total. The lowest BCUT2D eigenvalue weighted by molar-refractivity contribution is -0.167. The van der Waals surface area contributed by atoms with Crippen LogP contribution in [-0.2, 0) is 34.4 Å². The van der Waals surface area contributed by atoms with Gasteiger partial charge < -0.3 is 56.7 Å². The highest BCUT2D eigenvalue weighted by Crippen LogP contribution is 2.37. The third kappa shape index (κ3) is 14.2. The van der Waals surface area contributed by atoms with Crippen molar-refractivity contribution in [1.82, 2.24) is 20.6 Å². The first-order chi connectivity index (χ1) is 28.2. The van der Waals surface area contributed by atoms with Crippen LogP contribution >= 0.6 is 48.2 Å². The van der Waals surface area contributed by atoms with Gasteiger partial charge in [-0.3, -0.25) is 9.59 Å². The molecule has 23 heteroatoms. The molecule has 2 heterocycles. The number of anilines is 1. The van der Waals surface area contributed by atoms with Crippen molar-refractivity contribution in [2.24, 2.45) is 11.5 Å². The summed E-state index contributed by atoms with van der Waals surface area (Å²) >= 11 is 7.15. The van der Waals surface area contributed by atoms with E-state index in [1.54, 1.807) is 36.4 Å². The molecule has 4 rings (SSSR count). The van der Waals surface area contributed by atoms with Crippen LogP contribution in [0.25, 0.3) is 22.6 Å². The number of nitrogens with one attached hydrogen (secondary N) is 2. The molecule has 61 heavy (non-hydrogen) atoms. The fourth-order valence-electron chi connectivity index (χ4n) is 5.18. The Balaban J connectivity index is 0.00000641. The number of rotatable bonds is 19. The topological polar surface area (TPSA) is 325 Å². The van der Waals surface area contributed by atoms with Gasteiger partial charge in [0.1, 0.15) is 53.8 Å². The monoisotopic (exact) mass is 921 g/mol. The van der Waals surface area contributed by atoms with E-state index in [1.165, 1.54) is 44.0 Å². The summed E-state index contributed by atoms with van der Waals surface area (Å²) in [6, 6.07) is 14.1. The number of nitrogen functional groups attached to an aromatic ring is 1. The zero-order valence-electron chi connectivity index (χ0n) is 32.4. The zero-order chi connectivity index (χ0) is 43.2. The van der Waals surface area contributed by atoms with Crippen molar-refractivity contribution in [3.05, 3.63) is 76.6 Å². The average Bonchev–Trinajstić information content (AvgIpc) is 3.70. The Kier molecular flexibility index (Phi) is 20.7. The number of nitrogens with two attached hydrogens (primary N) is 3. The summed E-state index contributed by atoms with van der Waals surface area (Å²) in [5.74, 6) is -3.01. The second-order valence-corrected chi connectivity index (χ2v) is 14.0. The number of carbonyl (C=O) groups is 4. The third-order valence-corrected chi connectivity index (χ3v) is 9.43. The van der Waals surface area contributed by atoms with Gasteiger partial charge in [0.05, 0.1) is 36.6 Å². The molecular weight excluding hydrogens is 881 g/mol. The fourth-order valence-corrected chi connectivity index (χ4v) is 6.17. The number of aromatic nitrogens is 2. The lowest BCUT2D eigenvalue weighted by atomic mass is 9.97. The maximum Gasteiger partial charge on any atom is 0.331 e. The SMILES string of the molecule is C[C@@H](O)[C@H](NC(=O)CN)C(=O)OC[C@H](COc1ccc(-c2c(C#N)c(N)nc(SCc3coc(-c4ccc(Cl)cc4)n3)c2C#N)cc1)OC(=O)[C@@H](NC(=O)CN)[C@@H](C)O.Cl.Cl. The van der Waals surface area contributed by atoms with Crippen molar-refractivity contribution in [3.63, 3.8) is 0 Å². The first kappa shape index (κ1) is 51.5. The number of ether oxygens (including phenoxy) is 3. The molecular formula is C38H42Cl3N9O10S. The third-order valence-electron chi connectivity index (χ3n) is 8.16. The van der Waals surface area contributed by atoms with Crippen molar-refractivity contribution in [3.8, 4) is 40.5 Å². The molecule has 5 atom stereocenters. The van der Waals surface area contributed by atoms with E-state index in [0.29, 0.717) is 27.7 Å². The van der Waals surface area contributed by atoms with E-state index in [0.717, 1.165) is 0 Å². The van der Waals surface area contributed by atoms with Gasteiger partial charge in [0.15, 0.2) is 18.2 Å². The molecule has 2 amide bonds. The van der Waals surface area contributed by atoms with Gasteiger partial charge in [-0.05, 0) is 55.8 Å². The molecule has 2 aromatic carbocycles. The van der Waals surface area contributed by atoms with E-state index < -0.39 is 80.5 Å². The first-order valence-corrected chi connectivity index (χ1v) is 19.0. The number of esters is 2. The Morgan fingerprint density at radius 2 is 1.41 bits per heavy atom. The van der Waals surface area contributed by atoms with Crippen molar-refractivity contribution < 1.29 is 48.0 Å². The Hall–Kier alpha value is -5.68. The van der Waals surface area contributed by atoms with Gasteiger partial charge in [-0.1, -0.05) is 35.5 Å². The standard InChI is InChI=1S/C38H40ClN9O10S.2ClH/c1-19(49)32(46-29(51)13-42)37(53)57-17-26(58-38(54)33(20(2)50)47-30(52)14-43)16-55-25-9-5-21(6-10-25)31-27(11-40)34(44)48-36(28(31)12-41)59-18-24-15-56-35(45-24)22-3-7-23(39)8-4-22;;/h3-10,15,19-20,26,32-33,49-50H,13-14,16-18,42-43H2,1-2H3,(H2,44,48)(H,46,51)(H,47,52);2*1H/t19-,20-,26+,32+,33+;;/m1../s1. The molecule has 10 N–H and O–H groups in total. The molecule has 0 bridgehead atoms. The second kappa shape index (κ2) is 24.5. The van der Waals surface area contributed by atoms with Crippen molar-refractivity contribution in [2.75, 3.05) is 32.0 Å².